The summed E-state index contributed by atoms with van der Waals surface area (Å²) in [5, 5.41) is 15.0. The highest BCUT2D eigenvalue weighted by atomic mass is 16.7. The number of nitrogens with two attached hydrogens (primary N) is 1. The Hall–Kier alpha value is -7.02. The van der Waals surface area contributed by atoms with Crippen LogP contribution in [-0.2, 0) is 82.9 Å². The van der Waals surface area contributed by atoms with Crippen molar-refractivity contribution in [3.8, 4) is 0 Å². The molecule has 2 spiro atoms. The molecule has 2 bridgehead atoms. The zero-order valence-corrected chi connectivity index (χ0v) is 44.5. The lowest BCUT2D eigenvalue weighted by Gasteiger charge is -2.58. The first-order valence-corrected chi connectivity index (χ1v) is 26.6. The van der Waals surface area contributed by atoms with Crippen LogP contribution >= 0.6 is 0 Å². The number of allylic oxidation sites excluding steroid dienone is 3. The van der Waals surface area contributed by atoms with Crippen LogP contribution in [0.25, 0.3) is 0 Å². The predicted molar refractivity (Wildman–Crippen MR) is 276 cm³/mol. The van der Waals surface area contributed by atoms with E-state index in [-0.39, 0.29) is 70.3 Å². The lowest BCUT2D eigenvalue weighted by molar-refractivity contribution is -0.233. The predicted octanol–water partition coefficient (Wildman–Crippen LogP) is 0.181. The average Bonchev–Trinajstić information content (AvgIpc) is 3.59. The first-order chi connectivity index (χ1) is 37.4. The first-order valence-electron chi connectivity index (χ1n) is 26.6. The van der Waals surface area contributed by atoms with Crippen molar-refractivity contribution in [3.05, 3.63) is 71.8 Å². The van der Waals surface area contributed by atoms with Crippen molar-refractivity contribution in [2.75, 3.05) is 52.7 Å². The second-order valence-electron chi connectivity index (χ2n) is 20.5. The zero-order valence-electron chi connectivity index (χ0n) is 44.5. The van der Waals surface area contributed by atoms with Gasteiger partial charge in [-0.1, -0.05) is 74.4 Å². The molecule has 1 saturated carbocycles. The molecule has 426 valence electrons. The molecule has 0 aromatic heterocycles. The van der Waals surface area contributed by atoms with Crippen molar-refractivity contribution in [1.29, 1.82) is 0 Å². The lowest BCUT2D eigenvalue weighted by Crippen LogP contribution is -2.67. The molecule has 9 atom stereocenters. The first kappa shape index (κ1) is 60.2. The largest absolute Gasteiger partial charge is 0.463 e. The highest BCUT2D eigenvalue weighted by Gasteiger charge is 2.83. The van der Waals surface area contributed by atoms with E-state index < -0.39 is 120 Å². The number of amides is 7. The summed E-state index contributed by atoms with van der Waals surface area (Å²) in [6.07, 6.45) is 9.58. The summed E-state index contributed by atoms with van der Waals surface area (Å²) in [7, 11) is 0. The number of esters is 3. The van der Waals surface area contributed by atoms with Crippen molar-refractivity contribution in [2.24, 2.45) is 22.5 Å². The Kier molecular flexibility index (Phi) is 22.0. The third-order valence-electron chi connectivity index (χ3n) is 15.2. The number of epoxide rings is 1. The topological polar surface area (TPSA) is 340 Å². The second kappa shape index (κ2) is 28.6. The Morgan fingerprint density at radius 3 is 2.19 bits per heavy atom. The van der Waals surface area contributed by atoms with E-state index >= 15 is 0 Å². The van der Waals surface area contributed by atoms with Gasteiger partial charge in [-0.3, -0.25) is 38.4 Å². The Morgan fingerprint density at radius 1 is 0.769 bits per heavy atom. The Bertz CT molecular complexity index is 2450. The highest BCUT2D eigenvalue weighted by Crippen LogP contribution is 2.72. The van der Waals surface area contributed by atoms with Crippen LogP contribution in [-0.4, -0.2) is 148 Å². The molecule has 1 aromatic rings. The Labute approximate surface area is 452 Å². The number of hydrogen-bond donors (Lipinski definition) is 8. The van der Waals surface area contributed by atoms with E-state index in [9.17, 15) is 47.9 Å². The van der Waals surface area contributed by atoms with E-state index in [1.807, 2.05) is 19.9 Å². The van der Waals surface area contributed by atoms with Crippen LogP contribution in [0.2, 0.25) is 0 Å². The summed E-state index contributed by atoms with van der Waals surface area (Å²) in [5.41, 5.74) is 6.96. The molecule has 2 aliphatic carbocycles. The van der Waals surface area contributed by atoms with Crippen LogP contribution in [0.3, 0.4) is 0 Å². The summed E-state index contributed by atoms with van der Waals surface area (Å²) in [6.45, 7) is 4.58. The molecule has 24 heteroatoms. The number of carbonyl (C=O) groups excluding carboxylic acids is 10. The third-order valence-corrected chi connectivity index (χ3v) is 15.2. The summed E-state index contributed by atoms with van der Waals surface area (Å²) in [5.74, 6) is -6.81. The van der Waals surface area contributed by atoms with Crippen molar-refractivity contribution in [3.63, 3.8) is 0 Å². The molecule has 6 rings (SSSR count). The van der Waals surface area contributed by atoms with Gasteiger partial charge in [-0.25, -0.2) is 19.9 Å². The van der Waals surface area contributed by atoms with Gasteiger partial charge >= 0.3 is 17.9 Å². The van der Waals surface area contributed by atoms with Gasteiger partial charge in [0.15, 0.2) is 0 Å². The van der Waals surface area contributed by atoms with E-state index in [1.54, 1.807) is 37.3 Å². The normalized spacial score (nSPS) is 27.7. The molecule has 3 aliphatic heterocycles. The fourth-order valence-electron chi connectivity index (χ4n) is 10.6. The lowest BCUT2D eigenvalue weighted by atomic mass is 9.51. The molecule has 2 saturated heterocycles. The molecule has 5 aliphatic rings. The van der Waals surface area contributed by atoms with Gasteiger partial charge in [0.05, 0.1) is 50.5 Å². The van der Waals surface area contributed by atoms with E-state index in [2.05, 4.69) is 37.4 Å². The summed E-state index contributed by atoms with van der Waals surface area (Å²) in [6, 6.07) is 6.45. The van der Waals surface area contributed by atoms with Gasteiger partial charge in [-0.15, -0.1) is 0 Å². The Morgan fingerprint density at radius 2 is 1.45 bits per heavy atom. The maximum Gasteiger partial charge on any atom is 0.331 e. The van der Waals surface area contributed by atoms with Crippen LogP contribution in [0.15, 0.2) is 66.3 Å². The fourth-order valence-corrected chi connectivity index (χ4v) is 10.6. The number of unbranched alkanes of at least 4 members (excludes halogenated alkanes) is 2. The molecule has 1 unspecified atom stereocenters. The van der Waals surface area contributed by atoms with E-state index in [0.717, 1.165) is 24.5 Å². The smallest absolute Gasteiger partial charge is 0.331 e. The van der Waals surface area contributed by atoms with Gasteiger partial charge in [0.2, 0.25) is 41.4 Å². The molecule has 0 radical (unpaired) electrons. The maximum absolute atomic E-state index is 14.2. The van der Waals surface area contributed by atoms with Gasteiger partial charge in [-0.05, 0) is 63.5 Å². The number of carbonyl (C=O) groups is 10. The molecule has 3 fully saturated rings. The average molecular weight is 1090 g/mol. The number of nitrogens with one attached hydrogen (secondary N) is 7. The summed E-state index contributed by atoms with van der Waals surface area (Å²) in [4.78, 5) is 134. The molecular weight excluding hydrogens is 1020 g/mol. The fraction of sp³-hybridized carbons (Fsp3) is 0.593. The van der Waals surface area contributed by atoms with Crippen LogP contribution in [0.4, 0.5) is 0 Å². The summed E-state index contributed by atoms with van der Waals surface area (Å²) < 4.78 is 30.5. The van der Waals surface area contributed by atoms with Gasteiger partial charge in [-0.2, -0.15) is 0 Å². The minimum atomic E-state index is -1.19. The number of rotatable bonds is 23. The molecule has 24 nitrogen and oxygen atoms in total. The quantitative estimate of drug-likeness (QED) is 0.0138. The maximum atomic E-state index is 14.2. The molecule has 78 heavy (non-hydrogen) atoms. The van der Waals surface area contributed by atoms with Crippen LogP contribution in [0.5, 0.6) is 0 Å². The van der Waals surface area contributed by atoms with E-state index in [1.165, 1.54) is 18.2 Å². The van der Waals surface area contributed by atoms with Crippen molar-refractivity contribution in [1.82, 2.24) is 37.4 Å². The monoisotopic (exact) mass is 1090 g/mol. The van der Waals surface area contributed by atoms with Gasteiger partial charge in [0, 0.05) is 49.7 Å². The van der Waals surface area contributed by atoms with Crippen molar-refractivity contribution in [2.45, 2.75) is 134 Å². The van der Waals surface area contributed by atoms with E-state index in [0.29, 0.717) is 44.4 Å². The molecule has 3 heterocycles. The van der Waals surface area contributed by atoms with Crippen LogP contribution in [0, 0.1) is 16.7 Å². The zero-order chi connectivity index (χ0) is 56.3. The SMILES string of the molecule is CC1=CC2O[C@@H]3C[C@H]4OC(=O)/C=C\C=C\C(=O)OCC[C@@H](C)[C@@H](NC(=O)CCCC(=O)NOCNC(=O)CNC(=O)[C@H](Cc5ccccc5)NC(=O)CNC(=O)CNC(=O)CCCCCN)C(=O)OC[C@@]2(CC1)[C@]4(C)[C@]31CO1. The standard InChI is InChI=1S/C54H74N8O16/c1-34-20-22-53-31-74-51(72)49(35(2)21-24-73-47(69)18-9-10-19-48(70)78-38-27-40(77-39(53)25-34)54(32-75-54)52(38,53)3)61-42(64)16-12-17-43(65)62-76-33-59-45(67)29-58-50(71)37(26-36-13-6-4-7-14-36)60-46(68)30-57-44(66)28-56-41(63)15-8-5-11-23-55/h4,6-7,9-10,13-14,18-19,25,35,37-40,49H,5,8,11-12,15-17,20-24,26-33,55H2,1-3H3,(H,56,63)(H,57,66)(H,58,71)(H,59,67)(H,60,68)(H,61,64)(H,62,65)/b18-9+,19-10-/t35-,37+,38-,39?,40-,49-,52-,53-,54+/m1/s1. The number of cyclic esters (lactones) is 2. The molecule has 1 aromatic carbocycles. The van der Waals surface area contributed by atoms with Gasteiger partial charge < -0.3 is 61.3 Å². The van der Waals surface area contributed by atoms with Gasteiger partial charge in [0.1, 0.15) is 37.1 Å². The van der Waals surface area contributed by atoms with Crippen molar-refractivity contribution >= 4 is 59.3 Å². The number of benzene rings is 1. The minimum absolute atomic E-state index is 0.0328. The Balaban J connectivity index is 0.945. The molecular formula is C54H74N8O16. The van der Waals surface area contributed by atoms with Crippen LogP contribution < -0.4 is 43.1 Å². The molecule has 9 N–H and O–H groups in total. The second-order valence-corrected chi connectivity index (χ2v) is 20.5. The van der Waals surface area contributed by atoms with Gasteiger partial charge in [0.25, 0.3) is 0 Å². The number of hydrogen-bond acceptors (Lipinski definition) is 17. The summed E-state index contributed by atoms with van der Waals surface area (Å²) >= 11 is 0. The van der Waals surface area contributed by atoms with Crippen LogP contribution in [0.1, 0.15) is 97.0 Å². The van der Waals surface area contributed by atoms with E-state index in [4.69, 9.17) is 34.3 Å². The highest BCUT2D eigenvalue weighted by molar-refractivity contribution is 5.93. The third kappa shape index (κ3) is 16.0. The number of ether oxygens (including phenoxy) is 5. The van der Waals surface area contributed by atoms with Crippen molar-refractivity contribution < 1.29 is 76.5 Å². The molecule has 7 amide bonds. The minimum Gasteiger partial charge on any atom is -0.463 e. The number of hydroxylamine groups is 1.